The zero-order valence-electron chi connectivity index (χ0n) is 15.3. The Morgan fingerprint density at radius 2 is 1.93 bits per heavy atom. The number of aryl methyl sites for hydroxylation is 3. The van der Waals surface area contributed by atoms with E-state index in [9.17, 15) is 19.7 Å². The molecule has 0 aliphatic rings. The quantitative estimate of drug-likeness (QED) is 0.562. The molecule has 3 aromatic rings. The lowest BCUT2D eigenvalue weighted by Crippen LogP contribution is -2.24. The van der Waals surface area contributed by atoms with E-state index >= 15 is 0 Å². The number of fused-ring (bicyclic) bond motifs is 1. The first-order valence-electron chi connectivity index (χ1n) is 8.52. The Hall–Kier alpha value is -3.48. The van der Waals surface area contributed by atoms with Gasteiger partial charge in [-0.15, -0.1) is 0 Å². The molecule has 2 aromatic carbocycles. The van der Waals surface area contributed by atoms with Crippen LogP contribution >= 0.6 is 0 Å². The molecule has 0 atom stereocenters. The topological polar surface area (TPSA) is 94.2 Å². The van der Waals surface area contributed by atoms with Crippen LogP contribution in [0.3, 0.4) is 0 Å². The number of anilines is 1. The van der Waals surface area contributed by atoms with Crippen molar-refractivity contribution in [3.05, 3.63) is 79.6 Å². The number of amides is 1. The second-order valence-electron chi connectivity index (χ2n) is 6.39. The molecule has 7 nitrogen and oxygen atoms in total. The van der Waals surface area contributed by atoms with Crippen LogP contribution in [0.5, 0.6) is 0 Å². The van der Waals surface area contributed by atoms with Gasteiger partial charge >= 0.3 is 0 Å². The van der Waals surface area contributed by atoms with Crippen LogP contribution in [0.15, 0.2) is 47.4 Å². The van der Waals surface area contributed by atoms with E-state index in [4.69, 9.17) is 0 Å². The number of benzene rings is 2. The lowest BCUT2D eigenvalue weighted by atomic mass is 10.1. The second kappa shape index (κ2) is 7.03. The summed E-state index contributed by atoms with van der Waals surface area (Å²) < 4.78 is 1.84. The molecule has 7 heteroatoms. The highest BCUT2D eigenvalue weighted by Crippen LogP contribution is 2.22. The molecule has 0 unspecified atom stereocenters. The average molecular weight is 365 g/mol. The van der Waals surface area contributed by atoms with Crippen molar-refractivity contribution >= 4 is 28.2 Å². The molecule has 3 rings (SSSR count). The van der Waals surface area contributed by atoms with Gasteiger partial charge in [0, 0.05) is 30.3 Å². The van der Waals surface area contributed by atoms with Gasteiger partial charge in [0.05, 0.1) is 16.1 Å². The van der Waals surface area contributed by atoms with Crippen LogP contribution in [0.1, 0.15) is 28.4 Å². The molecular formula is C20H19N3O4. The van der Waals surface area contributed by atoms with Crippen molar-refractivity contribution in [2.24, 2.45) is 0 Å². The predicted molar refractivity (Wildman–Crippen MR) is 104 cm³/mol. The molecular weight excluding hydrogens is 346 g/mol. The summed E-state index contributed by atoms with van der Waals surface area (Å²) in [5.41, 5.74) is 2.17. The molecule has 0 spiro atoms. The van der Waals surface area contributed by atoms with E-state index in [1.807, 2.05) is 30.5 Å². The number of carbonyl (C=O) groups is 1. The van der Waals surface area contributed by atoms with Gasteiger partial charge in [0.15, 0.2) is 0 Å². The van der Waals surface area contributed by atoms with E-state index < -0.39 is 10.8 Å². The fourth-order valence-electron chi connectivity index (χ4n) is 2.98. The zero-order valence-corrected chi connectivity index (χ0v) is 15.3. The number of rotatable bonds is 4. The van der Waals surface area contributed by atoms with E-state index in [1.165, 1.54) is 18.3 Å². The summed E-state index contributed by atoms with van der Waals surface area (Å²) in [4.78, 5) is 36.1. The third kappa shape index (κ3) is 3.44. The van der Waals surface area contributed by atoms with Crippen LogP contribution in [0.25, 0.3) is 10.9 Å². The minimum atomic E-state index is -0.589. The summed E-state index contributed by atoms with van der Waals surface area (Å²) in [7, 11) is 0. The van der Waals surface area contributed by atoms with Gasteiger partial charge in [-0.3, -0.25) is 19.7 Å². The molecule has 27 heavy (non-hydrogen) atoms. The molecule has 1 amide bonds. The van der Waals surface area contributed by atoms with Crippen molar-refractivity contribution in [1.82, 2.24) is 4.57 Å². The minimum Gasteiger partial charge on any atom is -0.347 e. The Morgan fingerprint density at radius 1 is 1.19 bits per heavy atom. The lowest BCUT2D eigenvalue weighted by Gasteiger charge is -2.13. The smallest absolute Gasteiger partial charge is 0.271 e. The number of nitrogens with one attached hydrogen (secondary N) is 1. The molecule has 0 saturated heterocycles. The third-order valence-electron chi connectivity index (χ3n) is 4.50. The molecule has 0 aliphatic heterocycles. The molecule has 1 aromatic heterocycles. The molecule has 0 radical (unpaired) electrons. The first kappa shape index (κ1) is 18.3. The number of carbonyl (C=O) groups excluding carboxylic acids is 1. The lowest BCUT2D eigenvalue weighted by molar-refractivity contribution is -0.384. The Morgan fingerprint density at radius 3 is 2.59 bits per heavy atom. The highest BCUT2D eigenvalue weighted by molar-refractivity contribution is 6.06. The van der Waals surface area contributed by atoms with Crippen molar-refractivity contribution in [3.8, 4) is 0 Å². The number of non-ortho nitro benzene ring substituents is 1. The van der Waals surface area contributed by atoms with Gasteiger partial charge in [-0.1, -0.05) is 17.7 Å². The Bertz CT molecular complexity index is 1130. The molecule has 1 N–H and O–H groups in total. The van der Waals surface area contributed by atoms with Crippen LogP contribution in [-0.2, 0) is 6.54 Å². The molecule has 0 saturated carbocycles. The van der Waals surface area contributed by atoms with E-state index in [2.05, 4.69) is 5.32 Å². The molecule has 138 valence electrons. The monoisotopic (exact) mass is 365 g/mol. The van der Waals surface area contributed by atoms with Crippen LogP contribution in [0.2, 0.25) is 0 Å². The van der Waals surface area contributed by atoms with E-state index in [0.29, 0.717) is 23.2 Å². The van der Waals surface area contributed by atoms with Crippen molar-refractivity contribution in [2.75, 3.05) is 5.32 Å². The first-order valence-corrected chi connectivity index (χ1v) is 8.52. The number of pyridine rings is 1. The van der Waals surface area contributed by atoms with Gasteiger partial charge in [-0.05, 0) is 38.5 Å². The van der Waals surface area contributed by atoms with Crippen molar-refractivity contribution in [3.63, 3.8) is 0 Å². The maximum absolute atomic E-state index is 12.9. The number of hydrogen-bond acceptors (Lipinski definition) is 4. The summed E-state index contributed by atoms with van der Waals surface area (Å²) in [6.45, 7) is 6.13. The summed E-state index contributed by atoms with van der Waals surface area (Å²) >= 11 is 0. The van der Waals surface area contributed by atoms with Crippen molar-refractivity contribution in [1.29, 1.82) is 0 Å². The van der Waals surface area contributed by atoms with Gasteiger partial charge in [0.25, 0.3) is 11.6 Å². The second-order valence-corrected chi connectivity index (χ2v) is 6.39. The molecule has 1 heterocycles. The van der Waals surface area contributed by atoms with E-state index in [1.54, 1.807) is 19.1 Å². The average Bonchev–Trinajstić information content (AvgIpc) is 2.64. The molecule has 0 bridgehead atoms. The Balaban J connectivity index is 2.09. The first-order chi connectivity index (χ1) is 12.8. The standard InChI is InChI=1S/C20H19N3O4/c1-4-22-11-16(19(24)15-9-12(2)5-8-18(15)22)20(25)21-17-10-14(23(26)27)7-6-13(17)3/h5-11H,4H2,1-3H3,(H,21,25). The molecule has 0 fully saturated rings. The van der Waals surface area contributed by atoms with Crippen LogP contribution in [-0.4, -0.2) is 15.4 Å². The third-order valence-corrected chi connectivity index (χ3v) is 4.50. The minimum absolute atomic E-state index is 0.000793. The van der Waals surface area contributed by atoms with Gasteiger partial charge in [-0.25, -0.2) is 0 Å². The number of nitro benzene ring substituents is 1. The number of nitro groups is 1. The SMILES string of the molecule is CCn1cc(C(=O)Nc2cc([N+](=O)[O-])ccc2C)c(=O)c2cc(C)ccc21. The molecule has 0 aliphatic carbocycles. The van der Waals surface area contributed by atoms with E-state index in [-0.39, 0.29) is 16.7 Å². The highest BCUT2D eigenvalue weighted by Gasteiger charge is 2.17. The largest absolute Gasteiger partial charge is 0.347 e. The number of aromatic nitrogens is 1. The van der Waals surface area contributed by atoms with Gasteiger partial charge in [0.2, 0.25) is 5.43 Å². The summed E-state index contributed by atoms with van der Waals surface area (Å²) in [5, 5.41) is 14.1. The number of nitrogens with zero attached hydrogens (tertiary/aromatic N) is 2. The maximum Gasteiger partial charge on any atom is 0.271 e. The fourth-order valence-corrected chi connectivity index (χ4v) is 2.98. The fraction of sp³-hybridized carbons (Fsp3) is 0.200. The number of hydrogen-bond donors (Lipinski definition) is 1. The van der Waals surface area contributed by atoms with Crippen molar-refractivity contribution in [2.45, 2.75) is 27.3 Å². The Kier molecular flexibility index (Phi) is 4.77. The van der Waals surface area contributed by atoms with Crippen LogP contribution in [0, 0.1) is 24.0 Å². The van der Waals surface area contributed by atoms with Gasteiger partial charge in [0.1, 0.15) is 5.56 Å². The van der Waals surface area contributed by atoms with Crippen molar-refractivity contribution < 1.29 is 9.72 Å². The van der Waals surface area contributed by atoms with Gasteiger partial charge < -0.3 is 9.88 Å². The predicted octanol–water partition coefficient (Wildman–Crippen LogP) is 3.80. The van der Waals surface area contributed by atoms with Gasteiger partial charge in [-0.2, -0.15) is 0 Å². The normalized spacial score (nSPS) is 10.8. The van der Waals surface area contributed by atoms with Crippen LogP contribution in [0.4, 0.5) is 11.4 Å². The summed E-state index contributed by atoms with van der Waals surface area (Å²) in [6.07, 6.45) is 1.53. The summed E-state index contributed by atoms with van der Waals surface area (Å²) in [6, 6.07) is 9.76. The van der Waals surface area contributed by atoms with Crippen LogP contribution < -0.4 is 10.7 Å². The Labute approximate surface area is 155 Å². The highest BCUT2D eigenvalue weighted by atomic mass is 16.6. The summed E-state index contributed by atoms with van der Waals surface area (Å²) in [5.74, 6) is -0.589. The maximum atomic E-state index is 12.9. The zero-order chi connectivity index (χ0) is 19.7. The van der Waals surface area contributed by atoms with E-state index in [0.717, 1.165) is 11.1 Å².